The summed E-state index contributed by atoms with van der Waals surface area (Å²) in [5.41, 5.74) is 0.587. The summed E-state index contributed by atoms with van der Waals surface area (Å²) in [7, 11) is 0. The van der Waals surface area contributed by atoms with E-state index in [0.717, 1.165) is 11.5 Å². The molecule has 0 atom stereocenters. The number of rotatable bonds is 2. The summed E-state index contributed by atoms with van der Waals surface area (Å²) in [6.07, 6.45) is 0.448. The molecule has 0 aliphatic rings. The Kier molecular flexibility index (Phi) is 2.90. The zero-order chi connectivity index (χ0) is 11.7. The summed E-state index contributed by atoms with van der Waals surface area (Å²) in [4.78, 5) is 0. The van der Waals surface area contributed by atoms with Gasteiger partial charge < -0.3 is 4.52 Å². The van der Waals surface area contributed by atoms with Gasteiger partial charge in [0, 0.05) is 23.3 Å². The van der Waals surface area contributed by atoms with Crippen LogP contribution < -0.4 is 0 Å². The van der Waals surface area contributed by atoms with Crippen molar-refractivity contribution in [1.82, 2.24) is 5.16 Å². The Labute approximate surface area is 91.1 Å². The fraction of sp³-hybridized carbons (Fsp3) is 0.667. The molecule has 0 aromatic carbocycles. The van der Waals surface area contributed by atoms with Gasteiger partial charge in [-0.05, 0) is 0 Å². The zero-order valence-electron chi connectivity index (χ0n) is 10.1. The number of hydrogen-bond acceptors (Lipinski definition) is 3. The molecular formula is C12H18N2O. The molecule has 0 aliphatic carbocycles. The molecule has 0 bridgehead atoms. The lowest BCUT2D eigenvalue weighted by molar-refractivity contribution is 0.318. The average molecular weight is 206 g/mol. The second kappa shape index (κ2) is 3.69. The minimum atomic E-state index is -0.234. The van der Waals surface area contributed by atoms with Crippen LogP contribution in [0, 0.1) is 11.3 Å². The van der Waals surface area contributed by atoms with E-state index in [1.807, 2.05) is 19.9 Å². The predicted molar refractivity (Wildman–Crippen MR) is 58.5 cm³/mol. The molecule has 3 heteroatoms. The smallest absolute Gasteiger partial charge is 0.142 e. The number of nitriles is 1. The molecule has 0 amide bonds. The molecule has 1 rings (SSSR count). The van der Waals surface area contributed by atoms with E-state index in [-0.39, 0.29) is 10.8 Å². The highest BCUT2D eigenvalue weighted by molar-refractivity contribution is 5.20. The SMILES string of the molecule is CC(C)(C)c1cc(C(C)(C)CC#N)no1. The van der Waals surface area contributed by atoms with E-state index in [9.17, 15) is 0 Å². The first-order chi connectivity index (χ1) is 6.77. The third kappa shape index (κ3) is 2.59. The second-order valence-corrected chi connectivity index (χ2v) is 5.55. The van der Waals surface area contributed by atoms with Crippen LogP contribution in [-0.2, 0) is 10.8 Å². The highest BCUT2D eigenvalue weighted by Gasteiger charge is 2.27. The summed E-state index contributed by atoms with van der Waals surface area (Å²) in [5, 5.41) is 12.8. The van der Waals surface area contributed by atoms with Crippen LogP contribution in [0.3, 0.4) is 0 Å². The number of hydrogen-bond donors (Lipinski definition) is 0. The maximum Gasteiger partial charge on any atom is 0.142 e. The fourth-order valence-electron chi connectivity index (χ4n) is 1.24. The lowest BCUT2D eigenvalue weighted by atomic mass is 9.84. The molecule has 1 heterocycles. The molecule has 0 fully saturated rings. The van der Waals surface area contributed by atoms with E-state index >= 15 is 0 Å². The minimum Gasteiger partial charge on any atom is -0.361 e. The fourth-order valence-corrected chi connectivity index (χ4v) is 1.24. The van der Waals surface area contributed by atoms with Crippen molar-refractivity contribution >= 4 is 0 Å². The summed E-state index contributed by atoms with van der Waals surface area (Å²) in [6.45, 7) is 10.2. The van der Waals surface area contributed by atoms with Crippen molar-refractivity contribution in [3.05, 3.63) is 17.5 Å². The van der Waals surface area contributed by atoms with Crippen LogP contribution in [0.2, 0.25) is 0 Å². The summed E-state index contributed by atoms with van der Waals surface area (Å²) in [6, 6.07) is 4.13. The lowest BCUT2D eigenvalue weighted by Crippen LogP contribution is -2.16. The summed E-state index contributed by atoms with van der Waals surface area (Å²) in [5.74, 6) is 0.864. The molecule has 15 heavy (non-hydrogen) atoms. The predicted octanol–water partition coefficient (Wildman–Crippen LogP) is 3.16. The van der Waals surface area contributed by atoms with Gasteiger partial charge in [0.05, 0.1) is 11.8 Å². The van der Waals surface area contributed by atoms with Gasteiger partial charge in [0.15, 0.2) is 0 Å². The van der Waals surface area contributed by atoms with Crippen LogP contribution >= 0.6 is 0 Å². The van der Waals surface area contributed by atoms with Gasteiger partial charge in [-0.15, -0.1) is 0 Å². The van der Waals surface area contributed by atoms with E-state index in [1.54, 1.807) is 0 Å². The third-order valence-electron chi connectivity index (χ3n) is 2.46. The van der Waals surface area contributed by atoms with Crippen LogP contribution in [0.25, 0.3) is 0 Å². The van der Waals surface area contributed by atoms with Crippen molar-refractivity contribution in [2.45, 2.75) is 51.9 Å². The Hall–Kier alpha value is -1.30. The molecule has 0 saturated carbocycles. The third-order valence-corrected chi connectivity index (χ3v) is 2.46. The van der Waals surface area contributed by atoms with Gasteiger partial charge in [-0.3, -0.25) is 0 Å². The molecule has 0 aliphatic heterocycles. The summed E-state index contributed by atoms with van der Waals surface area (Å²) >= 11 is 0. The lowest BCUT2D eigenvalue weighted by Gasteiger charge is -2.17. The monoisotopic (exact) mass is 206 g/mol. The highest BCUT2D eigenvalue weighted by Crippen LogP contribution is 2.30. The van der Waals surface area contributed by atoms with E-state index in [0.29, 0.717) is 6.42 Å². The van der Waals surface area contributed by atoms with Crippen molar-refractivity contribution in [2.24, 2.45) is 0 Å². The molecule has 0 saturated heterocycles. The van der Waals surface area contributed by atoms with Gasteiger partial charge in [-0.1, -0.05) is 39.8 Å². The molecule has 1 aromatic heterocycles. The number of aromatic nitrogens is 1. The first kappa shape index (κ1) is 11.8. The van der Waals surface area contributed by atoms with E-state index < -0.39 is 0 Å². The van der Waals surface area contributed by atoms with Gasteiger partial charge in [0.1, 0.15) is 5.76 Å². The molecule has 82 valence electrons. The van der Waals surface area contributed by atoms with E-state index in [1.165, 1.54) is 0 Å². The summed E-state index contributed by atoms with van der Waals surface area (Å²) < 4.78 is 5.30. The zero-order valence-corrected chi connectivity index (χ0v) is 10.1. The Morgan fingerprint density at radius 3 is 2.33 bits per heavy atom. The Bertz CT molecular complexity index is 377. The maximum absolute atomic E-state index is 8.72. The van der Waals surface area contributed by atoms with Crippen LogP contribution in [0.5, 0.6) is 0 Å². The standard InChI is InChI=1S/C12H18N2O/c1-11(2,3)10-8-9(14-15-10)12(4,5)6-7-13/h8H,6H2,1-5H3. The Balaban J connectivity index is 3.00. The van der Waals surface area contributed by atoms with Crippen LogP contribution in [0.4, 0.5) is 0 Å². The average Bonchev–Trinajstić information content (AvgIpc) is 2.50. The van der Waals surface area contributed by atoms with Crippen LogP contribution in [-0.4, -0.2) is 5.16 Å². The van der Waals surface area contributed by atoms with Crippen LogP contribution in [0.1, 0.15) is 52.5 Å². The van der Waals surface area contributed by atoms with Crippen molar-refractivity contribution in [3.63, 3.8) is 0 Å². The van der Waals surface area contributed by atoms with Gasteiger partial charge in [0.25, 0.3) is 0 Å². The maximum atomic E-state index is 8.72. The molecule has 0 radical (unpaired) electrons. The second-order valence-electron chi connectivity index (χ2n) is 5.55. The quantitative estimate of drug-likeness (QED) is 0.746. The van der Waals surface area contributed by atoms with E-state index in [2.05, 4.69) is 32.0 Å². The van der Waals surface area contributed by atoms with Gasteiger partial charge in [-0.25, -0.2) is 0 Å². The largest absolute Gasteiger partial charge is 0.361 e. The van der Waals surface area contributed by atoms with Crippen molar-refractivity contribution in [1.29, 1.82) is 5.26 Å². The molecule has 0 unspecified atom stereocenters. The van der Waals surface area contributed by atoms with Gasteiger partial charge in [-0.2, -0.15) is 5.26 Å². The topological polar surface area (TPSA) is 49.8 Å². The van der Waals surface area contributed by atoms with E-state index in [4.69, 9.17) is 9.78 Å². The number of nitrogens with zero attached hydrogens (tertiary/aromatic N) is 2. The Morgan fingerprint density at radius 1 is 1.33 bits per heavy atom. The van der Waals surface area contributed by atoms with Crippen molar-refractivity contribution in [3.8, 4) is 6.07 Å². The van der Waals surface area contributed by atoms with Gasteiger partial charge in [0.2, 0.25) is 0 Å². The van der Waals surface area contributed by atoms with Crippen LogP contribution in [0.15, 0.2) is 10.6 Å². The van der Waals surface area contributed by atoms with Crippen molar-refractivity contribution in [2.75, 3.05) is 0 Å². The normalized spacial score (nSPS) is 12.5. The molecular weight excluding hydrogens is 188 g/mol. The molecule has 3 nitrogen and oxygen atoms in total. The molecule has 0 N–H and O–H groups in total. The van der Waals surface area contributed by atoms with Crippen molar-refractivity contribution < 1.29 is 4.52 Å². The highest BCUT2D eigenvalue weighted by atomic mass is 16.5. The Morgan fingerprint density at radius 2 is 1.93 bits per heavy atom. The molecule has 0 spiro atoms. The van der Waals surface area contributed by atoms with Gasteiger partial charge >= 0.3 is 0 Å². The first-order valence-electron chi connectivity index (χ1n) is 5.12. The molecule has 1 aromatic rings. The first-order valence-corrected chi connectivity index (χ1v) is 5.12. The minimum absolute atomic E-state index is 0.0338.